The van der Waals surface area contributed by atoms with Gasteiger partial charge in [0.05, 0.1) is 11.8 Å². The maximum Gasteiger partial charge on any atom is 0.310 e. The van der Waals surface area contributed by atoms with Gasteiger partial charge < -0.3 is 14.8 Å². The summed E-state index contributed by atoms with van der Waals surface area (Å²) < 4.78 is 11.9. The fourth-order valence-corrected chi connectivity index (χ4v) is 9.37. The highest BCUT2D eigenvalue weighted by Crippen LogP contribution is 2.58. The van der Waals surface area contributed by atoms with Crippen LogP contribution < -0.4 is 5.32 Å². The highest BCUT2D eigenvalue weighted by atomic mass is 16.6. The first-order valence-corrected chi connectivity index (χ1v) is 14.2. The van der Waals surface area contributed by atoms with Crippen LogP contribution in [-0.4, -0.2) is 37.2 Å². The van der Waals surface area contributed by atoms with Crippen molar-refractivity contribution in [2.24, 2.45) is 46.3 Å². The molecule has 6 fully saturated rings. The summed E-state index contributed by atoms with van der Waals surface area (Å²) in [4.78, 5) is 25.8. The largest absolute Gasteiger partial charge is 0.462 e. The van der Waals surface area contributed by atoms with Crippen LogP contribution in [0.3, 0.4) is 0 Å². The Balaban J connectivity index is 1.10. The lowest BCUT2D eigenvalue weighted by Gasteiger charge is -2.50. The molecule has 4 aliphatic carbocycles. The molecular formula is C30H43NO4. The highest BCUT2D eigenvalue weighted by Gasteiger charge is 2.56. The molecule has 4 saturated carbocycles. The number of fused-ring (bicyclic) bond motifs is 4. The van der Waals surface area contributed by atoms with Crippen molar-refractivity contribution < 1.29 is 19.1 Å². The quantitative estimate of drug-likeness (QED) is 0.441. The molecule has 0 bridgehead atoms. The number of esters is 2. The second-order valence-electron chi connectivity index (χ2n) is 13.5. The van der Waals surface area contributed by atoms with Gasteiger partial charge >= 0.3 is 11.9 Å². The van der Waals surface area contributed by atoms with Gasteiger partial charge in [-0.05, 0) is 86.9 Å². The molecule has 0 aromatic carbocycles. The summed E-state index contributed by atoms with van der Waals surface area (Å²) in [5.41, 5.74) is 3.19. The molecule has 0 spiro atoms. The van der Waals surface area contributed by atoms with E-state index in [9.17, 15) is 9.59 Å². The number of hydrogen-bond donors (Lipinski definition) is 1. The lowest BCUT2D eigenvalue weighted by atomic mass is 9.55. The monoisotopic (exact) mass is 481 g/mol. The molecule has 2 heterocycles. The molecule has 6 aliphatic rings. The molecular weight excluding hydrogens is 438 g/mol. The predicted molar refractivity (Wildman–Crippen MR) is 134 cm³/mol. The number of carbonyl (C=O) groups is 2. The molecule has 35 heavy (non-hydrogen) atoms. The van der Waals surface area contributed by atoms with Gasteiger partial charge in [-0.25, -0.2) is 0 Å². The minimum Gasteiger partial charge on any atom is -0.462 e. The Labute approximate surface area is 210 Å². The zero-order valence-corrected chi connectivity index (χ0v) is 21.7. The molecule has 0 aromatic heterocycles. The summed E-state index contributed by atoms with van der Waals surface area (Å²) in [6.45, 7) is 14.7. The lowest BCUT2D eigenvalue weighted by molar-refractivity contribution is -0.146. The summed E-state index contributed by atoms with van der Waals surface area (Å²) in [6.07, 6.45) is 11.1. The van der Waals surface area contributed by atoms with E-state index in [2.05, 4.69) is 32.3 Å². The van der Waals surface area contributed by atoms with Crippen molar-refractivity contribution in [3.63, 3.8) is 0 Å². The normalized spacial score (nSPS) is 49.0. The van der Waals surface area contributed by atoms with Gasteiger partial charge in [-0.15, -0.1) is 0 Å². The Bertz CT molecular complexity index is 869. The van der Waals surface area contributed by atoms with Crippen molar-refractivity contribution in [2.45, 2.75) is 90.3 Å². The van der Waals surface area contributed by atoms with Gasteiger partial charge in [0.15, 0.2) is 0 Å². The molecule has 0 unspecified atom stereocenters. The van der Waals surface area contributed by atoms with E-state index in [1.54, 1.807) is 0 Å². The molecule has 192 valence electrons. The average Bonchev–Trinajstić information content (AvgIpc) is 3.25. The lowest BCUT2D eigenvalue weighted by Crippen LogP contribution is -2.46. The number of carbonyl (C=O) groups excluding carboxylic acids is 2. The summed E-state index contributed by atoms with van der Waals surface area (Å²) >= 11 is 0. The van der Waals surface area contributed by atoms with Crippen molar-refractivity contribution in [2.75, 3.05) is 13.1 Å². The molecule has 5 nitrogen and oxygen atoms in total. The van der Waals surface area contributed by atoms with E-state index < -0.39 is 0 Å². The molecule has 5 heteroatoms. The fourth-order valence-electron chi connectivity index (χ4n) is 9.37. The van der Waals surface area contributed by atoms with Crippen LogP contribution in [0, 0.1) is 46.3 Å². The second kappa shape index (κ2) is 8.46. The van der Waals surface area contributed by atoms with E-state index in [0.29, 0.717) is 24.9 Å². The molecule has 10 atom stereocenters. The van der Waals surface area contributed by atoms with Crippen LogP contribution in [-0.2, 0) is 19.1 Å². The molecule has 2 saturated heterocycles. The van der Waals surface area contributed by atoms with E-state index in [-0.39, 0.29) is 58.6 Å². The minimum atomic E-state index is -0.125. The minimum absolute atomic E-state index is 0.0376. The Morgan fingerprint density at radius 1 is 0.800 bits per heavy atom. The molecule has 1 N–H and O–H groups in total. The molecule has 6 rings (SSSR count). The number of allylic oxidation sites excluding steroid dienone is 2. The van der Waals surface area contributed by atoms with Gasteiger partial charge in [-0.2, -0.15) is 0 Å². The smallest absolute Gasteiger partial charge is 0.310 e. The van der Waals surface area contributed by atoms with Gasteiger partial charge in [-0.1, -0.05) is 38.2 Å². The number of hydrogen-bond acceptors (Lipinski definition) is 5. The molecule has 2 aliphatic heterocycles. The summed E-state index contributed by atoms with van der Waals surface area (Å²) in [6, 6.07) is 0. The first-order valence-electron chi connectivity index (χ1n) is 14.2. The van der Waals surface area contributed by atoms with Crippen LogP contribution in [0.5, 0.6) is 0 Å². The molecule has 0 radical (unpaired) electrons. The van der Waals surface area contributed by atoms with Gasteiger partial charge in [0.25, 0.3) is 0 Å². The third-order valence-electron chi connectivity index (χ3n) is 11.4. The van der Waals surface area contributed by atoms with Crippen LogP contribution in [0.1, 0.15) is 78.1 Å². The van der Waals surface area contributed by atoms with Crippen LogP contribution in [0.15, 0.2) is 24.3 Å². The molecule has 0 aromatic rings. The third-order valence-corrected chi connectivity index (χ3v) is 11.4. The summed E-state index contributed by atoms with van der Waals surface area (Å²) in [5, 5.41) is 3.54. The zero-order chi connectivity index (χ0) is 24.5. The van der Waals surface area contributed by atoms with E-state index in [4.69, 9.17) is 9.47 Å². The zero-order valence-electron chi connectivity index (χ0n) is 21.7. The van der Waals surface area contributed by atoms with Crippen molar-refractivity contribution in [3.05, 3.63) is 24.3 Å². The van der Waals surface area contributed by atoms with Crippen LogP contribution >= 0.6 is 0 Å². The predicted octanol–water partition coefficient (Wildman–Crippen LogP) is 5.20. The van der Waals surface area contributed by atoms with Crippen LogP contribution in [0.4, 0.5) is 0 Å². The maximum absolute atomic E-state index is 12.9. The Hall–Kier alpha value is -1.62. The Kier molecular flexibility index (Phi) is 5.75. The fraction of sp³-hybridized carbons (Fsp3) is 0.800. The first-order chi connectivity index (χ1) is 16.7. The van der Waals surface area contributed by atoms with Crippen molar-refractivity contribution >= 4 is 11.9 Å². The number of ether oxygens (including phenoxy) is 2. The Morgan fingerprint density at radius 2 is 1.23 bits per heavy atom. The van der Waals surface area contributed by atoms with E-state index in [1.165, 1.54) is 36.8 Å². The van der Waals surface area contributed by atoms with Gasteiger partial charge in [-0.3, -0.25) is 9.59 Å². The number of nitrogens with one attached hydrogen (secondary N) is 1. The highest BCUT2D eigenvalue weighted by molar-refractivity contribution is 5.76. The van der Waals surface area contributed by atoms with Crippen LogP contribution in [0.2, 0.25) is 0 Å². The molecule has 0 amide bonds. The first kappa shape index (κ1) is 23.8. The van der Waals surface area contributed by atoms with Crippen LogP contribution in [0.25, 0.3) is 0 Å². The van der Waals surface area contributed by atoms with E-state index >= 15 is 0 Å². The van der Waals surface area contributed by atoms with Crippen molar-refractivity contribution in [1.82, 2.24) is 5.32 Å². The number of rotatable bonds is 4. The van der Waals surface area contributed by atoms with Gasteiger partial charge in [0.2, 0.25) is 0 Å². The van der Waals surface area contributed by atoms with E-state index in [0.717, 1.165) is 38.5 Å². The third kappa shape index (κ3) is 3.83. The van der Waals surface area contributed by atoms with Crippen molar-refractivity contribution in [3.8, 4) is 0 Å². The van der Waals surface area contributed by atoms with Crippen molar-refractivity contribution in [1.29, 1.82) is 0 Å². The summed E-state index contributed by atoms with van der Waals surface area (Å²) in [5.74, 6) is 1.15. The van der Waals surface area contributed by atoms with Gasteiger partial charge in [0.1, 0.15) is 12.2 Å². The maximum atomic E-state index is 12.9. The average molecular weight is 482 g/mol. The SMILES string of the molecule is C=C1CCC[C@@]2(C)C[C@H]3OC(=O)[C@@H](CNC[C@H]4C(=O)O[C@H]5C[C@@]6(C)CCCC(=C)[C@@H]6C[C@@H]54)[C@H]3C[C@@H]12. The topological polar surface area (TPSA) is 64.6 Å². The van der Waals surface area contributed by atoms with E-state index in [1.807, 2.05) is 0 Å². The second-order valence-corrected chi connectivity index (χ2v) is 13.5. The standard InChI is InChI=1S/C30H43NO4/c1-17-7-5-9-29(3)13-25-19(11-23(17)29)21(27(32)34-25)15-31-16-22-20-12-24-18(2)8-6-10-30(24,4)14-26(20)35-28(22)33/h19-26,31H,1-2,5-16H2,3-4H3/t19-,20-,21-,22+,23+,24+,25+,26-,29-,30+/m1/s1. The van der Waals surface area contributed by atoms with Gasteiger partial charge in [0, 0.05) is 24.9 Å². The Morgan fingerprint density at radius 3 is 1.66 bits per heavy atom. The summed E-state index contributed by atoms with van der Waals surface area (Å²) in [7, 11) is 0.